The molecule has 2 aliphatic heterocycles. The molecule has 2 heterocycles. The van der Waals surface area contributed by atoms with Crippen LogP contribution in [0.4, 0.5) is 0 Å². The zero-order valence-corrected chi connectivity index (χ0v) is 16.2. The van der Waals surface area contributed by atoms with Crippen LogP contribution in [0, 0.1) is 11.8 Å². The molecule has 1 aromatic rings. The minimum Gasteiger partial charge on any atom is -0.339 e. The van der Waals surface area contributed by atoms with E-state index >= 15 is 0 Å². The standard InChI is InChI=1S/C18H26N2O3S.ClH/c1-2-11-24(22,23)17-6-4-3-5-16(17)18(21)20-9-7-14-12-19-13-15(14)8-10-20;/h3-6,14-15,19H,2,7-13H2,1H3;1H/t14-,15+;. The Morgan fingerprint density at radius 1 is 1.16 bits per heavy atom. The molecule has 1 amide bonds. The summed E-state index contributed by atoms with van der Waals surface area (Å²) < 4.78 is 25.0. The average molecular weight is 387 g/mol. The third-order valence-electron chi connectivity index (χ3n) is 5.23. The summed E-state index contributed by atoms with van der Waals surface area (Å²) in [6.45, 7) is 5.33. The first-order valence-corrected chi connectivity index (χ1v) is 10.5. The quantitative estimate of drug-likeness (QED) is 0.862. The van der Waals surface area contributed by atoms with Crippen LogP contribution >= 0.6 is 12.4 Å². The number of hydrogen-bond acceptors (Lipinski definition) is 4. The monoisotopic (exact) mass is 386 g/mol. The van der Waals surface area contributed by atoms with Crippen molar-refractivity contribution in [3.8, 4) is 0 Å². The Morgan fingerprint density at radius 2 is 1.76 bits per heavy atom. The Kier molecular flexibility index (Phi) is 6.88. The Hall–Kier alpha value is -1.11. The summed E-state index contributed by atoms with van der Waals surface area (Å²) in [5.41, 5.74) is 0.330. The molecular weight excluding hydrogens is 360 g/mol. The lowest BCUT2D eigenvalue weighted by molar-refractivity contribution is 0.0754. The van der Waals surface area contributed by atoms with Crippen LogP contribution in [0.1, 0.15) is 36.5 Å². The molecule has 0 aromatic heterocycles. The molecule has 0 unspecified atom stereocenters. The molecule has 0 bridgehead atoms. The molecule has 0 saturated carbocycles. The van der Waals surface area contributed by atoms with E-state index < -0.39 is 9.84 Å². The van der Waals surface area contributed by atoms with E-state index in [9.17, 15) is 13.2 Å². The van der Waals surface area contributed by atoms with Crippen molar-refractivity contribution in [3.63, 3.8) is 0 Å². The van der Waals surface area contributed by atoms with Gasteiger partial charge in [0.05, 0.1) is 16.2 Å². The van der Waals surface area contributed by atoms with Crippen LogP contribution in [0.2, 0.25) is 0 Å². The summed E-state index contributed by atoms with van der Waals surface area (Å²) in [7, 11) is -3.41. The predicted molar refractivity (Wildman–Crippen MR) is 101 cm³/mol. The van der Waals surface area contributed by atoms with Crippen molar-refractivity contribution in [2.24, 2.45) is 11.8 Å². The molecule has 25 heavy (non-hydrogen) atoms. The molecule has 1 aromatic carbocycles. The lowest BCUT2D eigenvalue weighted by Crippen LogP contribution is -2.33. The van der Waals surface area contributed by atoms with Gasteiger partial charge in [0.15, 0.2) is 9.84 Å². The molecule has 0 spiro atoms. The first kappa shape index (κ1) is 20.2. The van der Waals surface area contributed by atoms with E-state index in [0.717, 1.165) is 25.9 Å². The number of rotatable bonds is 4. The number of halogens is 1. The molecule has 2 fully saturated rings. The van der Waals surface area contributed by atoms with Gasteiger partial charge in [-0.3, -0.25) is 4.79 Å². The molecule has 2 atom stereocenters. The zero-order chi connectivity index (χ0) is 17.2. The second-order valence-corrected chi connectivity index (χ2v) is 8.94. The van der Waals surface area contributed by atoms with Crippen LogP contribution in [-0.4, -0.2) is 51.2 Å². The first-order valence-electron chi connectivity index (χ1n) is 8.84. The number of hydrogen-bond donors (Lipinski definition) is 1. The van der Waals surface area contributed by atoms with Gasteiger partial charge in [0.1, 0.15) is 0 Å². The fraction of sp³-hybridized carbons (Fsp3) is 0.611. The molecule has 2 aliphatic rings. The highest BCUT2D eigenvalue weighted by atomic mass is 35.5. The van der Waals surface area contributed by atoms with E-state index in [1.54, 1.807) is 24.3 Å². The van der Waals surface area contributed by atoms with Gasteiger partial charge >= 0.3 is 0 Å². The largest absolute Gasteiger partial charge is 0.339 e. The van der Waals surface area contributed by atoms with Crippen molar-refractivity contribution in [3.05, 3.63) is 29.8 Å². The Balaban J connectivity index is 0.00000225. The number of amides is 1. The van der Waals surface area contributed by atoms with Crippen LogP contribution < -0.4 is 5.32 Å². The summed E-state index contributed by atoms with van der Waals surface area (Å²) in [6, 6.07) is 6.65. The second kappa shape index (κ2) is 8.52. The van der Waals surface area contributed by atoms with Gasteiger partial charge in [-0.1, -0.05) is 19.1 Å². The maximum absolute atomic E-state index is 13.0. The molecule has 0 radical (unpaired) electrons. The zero-order valence-electron chi connectivity index (χ0n) is 14.6. The van der Waals surface area contributed by atoms with Crippen molar-refractivity contribution >= 4 is 28.2 Å². The van der Waals surface area contributed by atoms with Crippen molar-refractivity contribution in [2.45, 2.75) is 31.1 Å². The van der Waals surface area contributed by atoms with E-state index in [-0.39, 0.29) is 29.0 Å². The summed E-state index contributed by atoms with van der Waals surface area (Å²) >= 11 is 0. The van der Waals surface area contributed by atoms with Gasteiger partial charge in [-0.25, -0.2) is 8.42 Å². The number of sulfone groups is 1. The topological polar surface area (TPSA) is 66.5 Å². The average Bonchev–Trinajstić information content (AvgIpc) is 2.93. The summed E-state index contributed by atoms with van der Waals surface area (Å²) in [5, 5.41) is 3.43. The summed E-state index contributed by atoms with van der Waals surface area (Å²) in [5.74, 6) is 1.22. The lowest BCUT2D eigenvalue weighted by atomic mass is 9.92. The van der Waals surface area contributed by atoms with Gasteiger partial charge in [0, 0.05) is 13.1 Å². The van der Waals surface area contributed by atoms with Gasteiger partial charge < -0.3 is 10.2 Å². The third kappa shape index (κ3) is 4.36. The maximum atomic E-state index is 13.0. The summed E-state index contributed by atoms with van der Waals surface area (Å²) in [4.78, 5) is 15.0. The molecule has 3 rings (SSSR count). The fourth-order valence-electron chi connectivity index (χ4n) is 3.88. The van der Waals surface area contributed by atoms with Crippen molar-refractivity contribution in [1.29, 1.82) is 0 Å². The number of carbonyl (C=O) groups is 1. The number of likely N-dealkylation sites (tertiary alicyclic amines) is 1. The highest BCUT2D eigenvalue weighted by molar-refractivity contribution is 7.91. The van der Waals surface area contributed by atoms with Crippen LogP contribution in [-0.2, 0) is 9.84 Å². The lowest BCUT2D eigenvalue weighted by Gasteiger charge is -2.22. The van der Waals surface area contributed by atoms with E-state index in [2.05, 4.69) is 5.32 Å². The molecule has 5 nitrogen and oxygen atoms in total. The SMILES string of the molecule is CCCS(=O)(=O)c1ccccc1C(=O)N1CC[C@@H]2CNC[C@@H]2CC1.Cl. The van der Waals surface area contributed by atoms with Crippen LogP contribution in [0.3, 0.4) is 0 Å². The highest BCUT2D eigenvalue weighted by Gasteiger charge is 2.32. The summed E-state index contributed by atoms with van der Waals surface area (Å²) in [6.07, 6.45) is 2.53. The van der Waals surface area contributed by atoms with E-state index in [1.807, 2.05) is 11.8 Å². The van der Waals surface area contributed by atoms with Gasteiger partial charge in [-0.2, -0.15) is 0 Å². The second-order valence-electron chi connectivity index (χ2n) is 6.86. The molecule has 2 saturated heterocycles. The van der Waals surface area contributed by atoms with E-state index in [1.165, 1.54) is 0 Å². The van der Waals surface area contributed by atoms with Crippen molar-refractivity contribution in [2.75, 3.05) is 31.9 Å². The van der Waals surface area contributed by atoms with Gasteiger partial charge in [0.25, 0.3) is 5.91 Å². The molecule has 140 valence electrons. The normalized spacial score (nSPS) is 23.5. The minimum absolute atomic E-state index is 0. The van der Waals surface area contributed by atoms with Crippen molar-refractivity contribution < 1.29 is 13.2 Å². The maximum Gasteiger partial charge on any atom is 0.255 e. The molecule has 1 N–H and O–H groups in total. The first-order chi connectivity index (χ1) is 11.5. The predicted octanol–water partition coefficient (Wildman–Crippen LogP) is 2.36. The number of carbonyl (C=O) groups excluding carboxylic acids is 1. The van der Waals surface area contributed by atoms with E-state index in [0.29, 0.717) is 36.9 Å². The van der Waals surface area contributed by atoms with E-state index in [4.69, 9.17) is 0 Å². The van der Waals surface area contributed by atoms with Crippen molar-refractivity contribution in [1.82, 2.24) is 10.2 Å². The number of fused-ring (bicyclic) bond motifs is 1. The number of nitrogens with zero attached hydrogens (tertiary/aromatic N) is 1. The highest BCUT2D eigenvalue weighted by Crippen LogP contribution is 2.28. The van der Waals surface area contributed by atoms with Crippen LogP contribution in [0.5, 0.6) is 0 Å². The molecule has 0 aliphatic carbocycles. The fourth-order valence-corrected chi connectivity index (χ4v) is 5.42. The molecule has 7 heteroatoms. The van der Waals surface area contributed by atoms with Gasteiger partial charge in [-0.15, -0.1) is 12.4 Å². The Morgan fingerprint density at radius 3 is 2.36 bits per heavy atom. The van der Waals surface area contributed by atoms with Crippen LogP contribution in [0.25, 0.3) is 0 Å². The van der Waals surface area contributed by atoms with Gasteiger partial charge in [-0.05, 0) is 56.3 Å². The number of benzene rings is 1. The smallest absolute Gasteiger partial charge is 0.255 e. The minimum atomic E-state index is -3.41. The van der Waals surface area contributed by atoms with Gasteiger partial charge in [0.2, 0.25) is 0 Å². The Bertz CT molecular complexity index is 694. The third-order valence-corrected chi connectivity index (χ3v) is 7.20. The number of nitrogens with one attached hydrogen (secondary N) is 1. The van der Waals surface area contributed by atoms with Crippen LogP contribution in [0.15, 0.2) is 29.2 Å². The Labute approximate surface area is 156 Å². The molecular formula is C18H27ClN2O3S.